The first-order valence-electron chi connectivity index (χ1n) is 4.22. The van der Waals surface area contributed by atoms with Crippen LogP contribution in [0.1, 0.15) is 6.92 Å². The molecular weight excluding hydrogens is 284 g/mol. The van der Waals surface area contributed by atoms with Gasteiger partial charge < -0.3 is 4.74 Å². The monoisotopic (exact) mass is 290 g/mol. The molecule has 0 unspecified atom stereocenters. The summed E-state index contributed by atoms with van der Waals surface area (Å²) in [6.45, 7) is 2.64. The van der Waals surface area contributed by atoms with Crippen molar-refractivity contribution in [1.29, 1.82) is 0 Å². The summed E-state index contributed by atoms with van der Waals surface area (Å²) >= 11 is 11.1. The second-order valence-corrected chi connectivity index (χ2v) is 5.58. The third-order valence-corrected chi connectivity index (χ3v) is 3.87. The first-order chi connectivity index (χ1) is 6.72. The lowest BCUT2D eigenvalue weighted by molar-refractivity contribution is 0.344. The van der Waals surface area contributed by atoms with Gasteiger partial charge in [0.15, 0.2) is 5.75 Å². The molecule has 0 amide bonds. The van der Waals surface area contributed by atoms with E-state index < -0.39 is 0 Å². The van der Waals surface area contributed by atoms with Gasteiger partial charge in [-0.25, -0.2) is 0 Å². The highest BCUT2D eigenvalue weighted by molar-refractivity contribution is 9.11. The predicted molar refractivity (Wildman–Crippen MR) is 65.7 cm³/mol. The lowest BCUT2D eigenvalue weighted by atomic mass is 10.2. The van der Waals surface area contributed by atoms with E-state index in [4.69, 9.17) is 16.3 Å². The Labute approximate surface area is 99.8 Å². The van der Waals surface area contributed by atoms with Crippen LogP contribution in [0.5, 0.6) is 5.75 Å². The topological polar surface area (TPSA) is 9.23 Å². The Kier molecular flexibility index (Phi) is 3.00. The Bertz CT molecular complexity index is 466. The maximum atomic E-state index is 5.93. The second-order valence-electron chi connectivity index (χ2n) is 2.78. The van der Waals surface area contributed by atoms with Crippen LogP contribution in [-0.4, -0.2) is 6.61 Å². The number of fused-ring (bicyclic) bond motifs is 1. The molecule has 0 N–H and O–H groups in total. The van der Waals surface area contributed by atoms with Crippen molar-refractivity contribution in [2.45, 2.75) is 6.92 Å². The fraction of sp³-hybridized carbons (Fsp3) is 0.200. The van der Waals surface area contributed by atoms with Crippen molar-refractivity contribution >= 4 is 49.0 Å². The van der Waals surface area contributed by atoms with E-state index in [1.165, 1.54) is 4.70 Å². The van der Waals surface area contributed by atoms with Crippen LogP contribution in [0, 0.1) is 0 Å². The van der Waals surface area contributed by atoms with Crippen molar-refractivity contribution in [2.24, 2.45) is 0 Å². The van der Waals surface area contributed by atoms with Crippen LogP contribution in [-0.2, 0) is 0 Å². The van der Waals surface area contributed by atoms with Crippen molar-refractivity contribution in [3.8, 4) is 5.75 Å². The standard InChI is InChI=1S/C10H8BrClOS/c1-2-13-9-7-5-6(12)3-4-8(7)14-10(9)11/h3-5H,2H2,1H3. The van der Waals surface area contributed by atoms with Gasteiger partial charge in [-0.2, -0.15) is 0 Å². The van der Waals surface area contributed by atoms with Crippen molar-refractivity contribution in [1.82, 2.24) is 0 Å². The lowest BCUT2D eigenvalue weighted by Crippen LogP contribution is -1.90. The Hall–Kier alpha value is -0.250. The van der Waals surface area contributed by atoms with E-state index in [-0.39, 0.29) is 0 Å². The molecule has 2 rings (SSSR count). The van der Waals surface area contributed by atoms with E-state index in [1.807, 2.05) is 25.1 Å². The minimum atomic E-state index is 0.664. The fourth-order valence-corrected chi connectivity index (χ4v) is 3.17. The molecule has 1 heterocycles. The molecule has 74 valence electrons. The molecule has 0 aliphatic rings. The molecule has 0 aliphatic heterocycles. The fourth-order valence-electron chi connectivity index (χ4n) is 1.30. The van der Waals surface area contributed by atoms with Gasteiger partial charge in [0.05, 0.1) is 6.61 Å². The molecule has 4 heteroatoms. The third kappa shape index (κ3) is 1.76. The third-order valence-electron chi connectivity index (χ3n) is 1.85. The van der Waals surface area contributed by atoms with Crippen molar-refractivity contribution < 1.29 is 4.74 Å². The summed E-state index contributed by atoms with van der Waals surface area (Å²) in [6, 6.07) is 5.83. The van der Waals surface area contributed by atoms with Gasteiger partial charge in [0.1, 0.15) is 3.79 Å². The summed E-state index contributed by atoms with van der Waals surface area (Å²) in [5.74, 6) is 0.898. The van der Waals surface area contributed by atoms with Gasteiger partial charge in [-0.15, -0.1) is 11.3 Å². The Morgan fingerprint density at radius 2 is 2.29 bits per heavy atom. The molecule has 0 spiro atoms. The summed E-state index contributed by atoms with van der Waals surface area (Å²) in [4.78, 5) is 0. The summed E-state index contributed by atoms with van der Waals surface area (Å²) < 4.78 is 7.76. The Morgan fingerprint density at radius 1 is 1.50 bits per heavy atom. The summed E-state index contributed by atoms with van der Waals surface area (Å²) in [5.41, 5.74) is 0. The normalized spacial score (nSPS) is 10.8. The van der Waals surface area contributed by atoms with Gasteiger partial charge in [-0.1, -0.05) is 11.6 Å². The van der Waals surface area contributed by atoms with Crippen LogP contribution in [0.3, 0.4) is 0 Å². The molecule has 2 aromatic rings. The molecule has 1 nitrogen and oxygen atoms in total. The van der Waals surface area contributed by atoms with E-state index >= 15 is 0 Å². The molecule has 1 aromatic heterocycles. The van der Waals surface area contributed by atoms with Gasteiger partial charge >= 0.3 is 0 Å². The average Bonchev–Trinajstić information content (AvgIpc) is 2.45. The van der Waals surface area contributed by atoms with Crippen LogP contribution in [0.15, 0.2) is 22.0 Å². The van der Waals surface area contributed by atoms with E-state index in [2.05, 4.69) is 15.9 Å². The first kappa shape index (κ1) is 10.3. The van der Waals surface area contributed by atoms with Crippen LogP contribution in [0.2, 0.25) is 5.02 Å². The van der Waals surface area contributed by atoms with Gasteiger partial charge in [-0.3, -0.25) is 0 Å². The number of benzene rings is 1. The van der Waals surface area contributed by atoms with Crippen molar-refractivity contribution in [3.63, 3.8) is 0 Å². The lowest BCUT2D eigenvalue weighted by Gasteiger charge is -2.01. The van der Waals surface area contributed by atoms with Gasteiger partial charge in [0, 0.05) is 15.1 Å². The summed E-state index contributed by atoms with van der Waals surface area (Å²) in [5, 5.41) is 1.82. The molecule has 0 atom stereocenters. The van der Waals surface area contributed by atoms with E-state index in [0.29, 0.717) is 6.61 Å². The van der Waals surface area contributed by atoms with E-state index in [0.717, 1.165) is 19.9 Å². The van der Waals surface area contributed by atoms with Crippen molar-refractivity contribution in [3.05, 3.63) is 27.0 Å². The summed E-state index contributed by atoms with van der Waals surface area (Å²) in [6.07, 6.45) is 0. The Morgan fingerprint density at radius 3 is 3.00 bits per heavy atom. The molecular formula is C10H8BrClOS. The minimum Gasteiger partial charge on any atom is -0.491 e. The number of hydrogen-bond donors (Lipinski definition) is 0. The van der Waals surface area contributed by atoms with E-state index in [9.17, 15) is 0 Å². The largest absolute Gasteiger partial charge is 0.491 e. The molecule has 0 saturated carbocycles. The number of halogens is 2. The van der Waals surface area contributed by atoms with Gasteiger partial charge in [0.25, 0.3) is 0 Å². The van der Waals surface area contributed by atoms with Crippen molar-refractivity contribution in [2.75, 3.05) is 6.61 Å². The Balaban J connectivity index is 2.66. The second kappa shape index (κ2) is 4.09. The van der Waals surface area contributed by atoms with Gasteiger partial charge in [-0.05, 0) is 41.1 Å². The minimum absolute atomic E-state index is 0.664. The quantitative estimate of drug-likeness (QED) is 0.778. The zero-order valence-electron chi connectivity index (χ0n) is 7.51. The molecule has 0 radical (unpaired) electrons. The highest BCUT2D eigenvalue weighted by Gasteiger charge is 2.10. The van der Waals surface area contributed by atoms with Gasteiger partial charge in [0.2, 0.25) is 0 Å². The first-order valence-corrected chi connectivity index (χ1v) is 6.21. The van der Waals surface area contributed by atoms with Crippen LogP contribution >= 0.6 is 38.9 Å². The highest BCUT2D eigenvalue weighted by atomic mass is 79.9. The molecule has 0 saturated heterocycles. The maximum absolute atomic E-state index is 5.93. The zero-order chi connectivity index (χ0) is 10.1. The molecule has 1 aromatic carbocycles. The number of hydrogen-bond acceptors (Lipinski definition) is 2. The zero-order valence-corrected chi connectivity index (χ0v) is 10.7. The molecule has 14 heavy (non-hydrogen) atoms. The van der Waals surface area contributed by atoms with Crippen LogP contribution in [0.4, 0.5) is 0 Å². The predicted octanol–water partition coefficient (Wildman–Crippen LogP) is 4.72. The number of ether oxygens (including phenoxy) is 1. The molecule has 0 bridgehead atoms. The summed E-state index contributed by atoms with van der Waals surface area (Å²) in [7, 11) is 0. The molecule has 0 aliphatic carbocycles. The number of thiophene rings is 1. The maximum Gasteiger partial charge on any atom is 0.152 e. The highest BCUT2D eigenvalue weighted by Crippen LogP contribution is 2.42. The SMILES string of the molecule is CCOc1c(Br)sc2ccc(Cl)cc12. The van der Waals surface area contributed by atoms with Crippen LogP contribution in [0.25, 0.3) is 10.1 Å². The smallest absolute Gasteiger partial charge is 0.152 e. The number of rotatable bonds is 2. The average molecular weight is 292 g/mol. The van der Waals surface area contributed by atoms with Crippen LogP contribution < -0.4 is 4.74 Å². The molecule has 0 fully saturated rings. The van der Waals surface area contributed by atoms with E-state index in [1.54, 1.807) is 11.3 Å².